The lowest BCUT2D eigenvalue weighted by Gasteiger charge is -2.09. The Bertz CT molecular complexity index is 1090. The Morgan fingerprint density at radius 1 is 1.22 bits per heavy atom. The molecule has 9 heteroatoms. The van der Waals surface area contributed by atoms with Gasteiger partial charge in [-0.25, -0.2) is 14.3 Å². The third-order valence-electron chi connectivity index (χ3n) is 5.19. The van der Waals surface area contributed by atoms with Crippen LogP contribution in [0.25, 0.3) is 11.4 Å². The molecule has 2 amide bonds. The maximum Gasteiger partial charge on any atom is 0.346 e. The highest BCUT2D eigenvalue weighted by Crippen LogP contribution is 2.36. The van der Waals surface area contributed by atoms with Gasteiger partial charge in [-0.2, -0.15) is 0 Å². The second-order valence-electron chi connectivity index (χ2n) is 7.78. The minimum absolute atomic E-state index is 0.160. The van der Waals surface area contributed by atoms with Crippen LogP contribution in [0.2, 0.25) is 0 Å². The zero-order chi connectivity index (χ0) is 22.3. The Morgan fingerprint density at radius 3 is 2.72 bits per heavy atom. The fourth-order valence-corrected chi connectivity index (χ4v) is 3.34. The van der Waals surface area contributed by atoms with Crippen LogP contribution >= 0.6 is 0 Å². The normalized spacial score (nSPS) is 13.0. The SMILES string of the molecule is CCCCOc1ccc(NC(=O)NCCn2nc(-c3cccnc3)n(C3CC3)c2=O)cc1. The molecule has 1 fully saturated rings. The summed E-state index contributed by atoms with van der Waals surface area (Å²) in [6, 6.07) is 10.8. The van der Waals surface area contributed by atoms with Crippen molar-refractivity contribution < 1.29 is 9.53 Å². The summed E-state index contributed by atoms with van der Waals surface area (Å²) >= 11 is 0. The van der Waals surface area contributed by atoms with E-state index in [1.54, 1.807) is 29.1 Å². The minimum atomic E-state index is -0.341. The molecule has 168 valence electrons. The molecule has 1 aliphatic rings. The third kappa shape index (κ3) is 5.35. The maximum atomic E-state index is 12.8. The molecule has 0 aliphatic heterocycles. The number of ether oxygens (including phenoxy) is 1. The Hall–Kier alpha value is -3.62. The van der Waals surface area contributed by atoms with Crippen LogP contribution in [0, 0.1) is 0 Å². The lowest BCUT2D eigenvalue weighted by atomic mass is 10.3. The molecule has 3 aromatic rings. The van der Waals surface area contributed by atoms with Crippen molar-refractivity contribution in [2.24, 2.45) is 0 Å². The number of carbonyl (C=O) groups is 1. The molecule has 1 saturated carbocycles. The number of benzene rings is 1. The fourth-order valence-electron chi connectivity index (χ4n) is 3.34. The van der Waals surface area contributed by atoms with Crippen LogP contribution in [-0.2, 0) is 6.54 Å². The first kappa shape index (κ1) is 21.6. The van der Waals surface area contributed by atoms with Gasteiger partial charge in [-0.15, -0.1) is 5.10 Å². The predicted molar refractivity (Wildman–Crippen MR) is 122 cm³/mol. The molecule has 2 aromatic heterocycles. The lowest BCUT2D eigenvalue weighted by molar-refractivity contribution is 0.251. The van der Waals surface area contributed by atoms with E-state index < -0.39 is 0 Å². The molecule has 32 heavy (non-hydrogen) atoms. The summed E-state index contributed by atoms with van der Waals surface area (Å²) in [5, 5.41) is 10.1. The number of nitrogens with zero attached hydrogens (tertiary/aromatic N) is 4. The van der Waals surface area contributed by atoms with Gasteiger partial charge in [-0.1, -0.05) is 13.3 Å². The highest BCUT2D eigenvalue weighted by atomic mass is 16.5. The van der Waals surface area contributed by atoms with Crippen LogP contribution in [0.1, 0.15) is 38.6 Å². The van der Waals surface area contributed by atoms with Gasteiger partial charge in [0.15, 0.2) is 5.82 Å². The summed E-state index contributed by atoms with van der Waals surface area (Å²) in [6.07, 6.45) is 7.43. The summed E-state index contributed by atoms with van der Waals surface area (Å²) in [4.78, 5) is 29.2. The van der Waals surface area contributed by atoms with E-state index in [4.69, 9.17) is 4.74 Å². The quantitative estimate of drug-likeness (QED) is 0.474. The number of nitrogens with one attached hydrogen (secondary N) is 2. The molecule has 0 bridgehead atoms. The molecular weight excluding hydrogens is 408 g/mol. The molecule has 1 aromatic carbocycles. The van der Waals surface area contributed by atoms with Gasteiger partial charge in [-0.05, 0) is 55.7 Å². The average molecular weight is 437 g/mol. The van der Waals surface area contributed by atoms with Crippen molar-refractivity contribution in [1.82, 2.24) is 24.6 Å². The van der Waals surface area contributed by atoms with Gasteiger partial charge in [0, 0.05) is 36.2 Å². The molecule has 9 nitrogen and oxygen atoms in total. The van der Waals surface area contributed by atoms with E-state index >= 15 is 0 Å². The topological polar surface area (TPSA) is 103 Å². The maximum absolute atomic E-state index is 12.8. The van der Waals surface area contributed by atoms with Crippen molar-refractivity contribution in [1.29, 1.82) is 0 Å². The van der Waals surface area contributed by atoms with Gasteiger partial charge in [0.25, 0.3) is 0 Å². The van der Waals surface area contributed by atoms with Crippen molar-refractivity contribution in [3.05, 3.63) is 59.3 Å². The van der Waals surface area contributed by atoms with Gasteiger partial charge >= 0.3 is 11.7 Å². The number of rotatable bonds is 10. The van der Waals surface area contributed by atoms with Gasteiger partial charge in [0.1, 0.15) is 5.75 Å². The molecule has 0 saturated heterocycles. The lowest BCUT2D eigenvalue weighted by Crippen LogP contribution is -2.34. The zero-order valence-corrected chi connectivity index (χ0v) is 18.2. The zero-order valence-electron chi connectivity index (χ0n) is 18.2. The van der Waals surface area contributed by atoms with Crippen LogP contribution in [0.3, 0.4) is 0 Å². The number of hydrogen-bond donors (Lipinski definition) is 2. The smallest absolute Gasteiger partial charge is 0.346 e. The van der Waals surface area contributed by atoms with Crippen molar-refractivity contribution in [3.8, 4) is 17.1 Å². The van der Waals surface area contributed by atoms with Gasteiger partial charge in [0.05, 0.1) is 13.2 Å². The third-order valence-corrected chi connectivity index (χ3v) is 5.19. The van der Waals surface area contributed by atoms with E-state index in [0.29, 0.717) is 18.1 Å². The standard InChI is InChI=1S/C23H28N6O3/c1-2-3-15-32-20-10-6-18(7-11-20)26-22(30)25-13-14-28-23(31)29(19-8-9-19)21(27-28)17-5-4-12-24-16-17/h4-7,10-12,16,19H,2-3,8-9,13-15H2,1H3,(H2,25,26,30). The van der Waals surface area contributed by atoms with Crippen LogP contribution in [-0.4, -0.2) is 38.5 Å². The second kappa shape index (κ2) is 10.1. The van der Waals surface area contributed by atoms with E-state index in [2.05, 4.69) is 27.6 Å². The molecule has 2 N–H and O–H groups in total. The monoisotopic (exact) mass is 436 g/mol. The van der Waals surface area contributed by atoms with E-state index in [-0.39, 0.29) is 30.9 Å². The molecule has 0 atom stereocenters. The predicted octanol–water partition coefficient (Wildman–Crippen LogP) is 3.44. The summed E-state index contributed by atoms with van der Waals surface area (Å²) in [5.74, 6) is 1.40. The van der Waals surface area contributed by atoms with Crippen LogP contribution in [0.4, 0.5) is 10.5 Å². The number of urea groups is 1. The largest absolute Gasteiger partial charge is 0.494 e. The summed E-state index contributed by atoms with van der Waals surface area (Å²) in [7, 11) is 0. The van der Waals surface area contributed by atoms with Gasteiger partial charge < -0.3 is 15.4 Å². The van der Waals surface area contributed by atoms with E-state index in [0.717, 1.165) is 37.0 Å². The van der Waals surface area contributed by atoms with Crippen LogP contribution < -0.4 is 21.1 Å². The average Bonchev–Trinajstić information content (AvgIpc) is 3.59. The Balaban J connectivity index is 1.32. The van der Waals surface area contributed by atoms with Crippen molar-refractivity contribution in [3.63, 3.8) is 0 Å². The molecule has 4 rings (SSSR count). The molecule has 0 unspecified atom stereocenters. The van der Waals surface area contributed by atoms with Crippen molar-refractivity contribution in [2.45, 2.75) is 45.2 Å². The highest BCUT2D eigenvalue weighted by Gasteiger charge is 2.30. The fraction of sp³-hybridized carbons (Fsp3) is 0.391. The first-order chi connectivity index (χ1) is 15.7. The minimum Gasteiger partial charge on any atom is -0.494 e. The Kier molecular flexibility index (Phi) is 6.84. The molecule has 0 spiro atoms. The van der Waals surface area contributed by atoms with E-state index in [1.165, 1.54) is 4.68 Å². The number of amides is 2. The molecule has 1 aliphatic carbocycles. The Labute approximate surface area is 186 Å². The second-order valence-corrected chi connectivity index (χ2v) is 7.78. The number of unbranched alkanes of at least 4 members (excludes halogenated alkanes) is 1. The number of pyridine rings is 1. The van der Waals surface area contributed by atoms with Crippen LogP contribution in [0.5, 0.6) is 5.75 Å². The van der Waals surface area contributed by atoms with Crippen LogP contribution in [0.15, 0.2) is 53.6 Å². The van der Waals surface area contributed by atoms with E-state index in [1.807, 2.05) is 24.3 Å². The Morgan fingerprint density at radius 2 is 2.03 bits per heavy atom. The summed E-state index contributed by atoms with van der Waals surface area (Å²) in [6.45, 7) is 3.35. The summed E-state index contributed by atoms with van der Waals surface area (Å²) < 4.78 is 8.77. The highest BCUT2D eigenvalue weighted by molar-refractivity contribution is 5.89. The number of carbonyl (C=O) groups excluding carboxylic acids is 1. The van der Waals surface area contributed by atoms with E-state index in [9.17, 15) is 9.59 Å². The van der Waals surface area contributed by atoms with Gasteiger partial charge in [0.2, 0.25) is 0 Å². The molecule has 0 radical (unpaired) electrons. The number of anilines is 1. The molecular formula is C23H28N6O3. The molecule has 2 heterocycles. The number of hydrogen-bond acceptors (Lipinski definition) is 5. The first-order valence-corrected chi connectivity index (χ1v) is 11.0. The first-order valence-electron chi connectivity index (χ1n) is 11.0. The van der Waals surface area contributed by atoms with Crippen molar-refractivity contribution >= 4 is 11.7 Å². The number of aromatic nitrogens is 4. The summed E-state index contributed by atoms with van der Waals surface area (Å²) in [5.41, 5.74) is 1.31. The van der Waals surface area contributed by atoms with Crippen molar-refractivity contribution in [2.75, 3.05) is 18.5 Å². The van der Waals surface area contributed by atoms with Gasteiger partial charge in [-0.3, -0.25) is 9.55 Å².